The van der Waals surface area contributed by atoms with E-state index in [9.17, 15) is 0 Å². The highest BCUT2D eigenvalue weighted by Gasteiger charge is 2.22. The van der Waals surface area contributed by atoms with Crippen LogP contribution in [0.2, 0.25) is 0 Å². The molecule has 0 unspecified atom stereocenters. The number of fused-ring (bicyclic) bond motifs is 2. The maximum absolute atomic E-state index is 4.98. The molecule has 1 aliphatic carbocycles. The maximum atomic E-state index is 4.98. The van der Waals surface area contributed by atoms with Crippen LogP contribution < -0.4 is 5.32 Å². The van der Waals surface area contributed by atoms with Crippen LogP contribution in [0.1, 0.15) is 43.1 Å². The molecule has 124 valence electrons. The number of imidazole rings is 1. The Bertz CT molecular complexity index is 699. The van der Waals surface area contributed by atoms with Crippen LogP contribution in [-0.4, -0.2) is 40.6 Å². The minimum atomic E-state index is 0.813. The van der Waals surface area contributed by atoms with E-state index in [1.165, 1.54) is 47.2 Å². The Labute approximate surface area is 138 Å². The van der Waals surface area contributed by atoms with Crippen LogP contribution in [-0.2, 0) is 25.9 Å². The number of aromatic nitrogens is 2. The van der Waals surface area contributed by atoms with Crippen LogP contribution in [0.4, 0.5) is 0 Å². The number of aryl methyl sites for hydroxylation is 1. The first-order valence-electron chi connectivity index (χ1n) is 9.18. The number of benzene rings is 1. The highest BCUT2D eigenvalue weighted by molar-refractivity contribution is 5.78. The van der Waals surface area contributed by atoms with Crippen molar-refractivity contribution >= 4 is 11.0 Å². The van der Waals surface area contributed by atoms with E-state index in [1.807, 2.05) is 0 Å². The molecule has 1 aliphatic heterocycles. The molecule has 0 bridgehead atoms. The van der Waals surface area contributed by atoms with Crippen LogP contribution in [0.25, 0.3) is 11.0 Å². The van der Waals surface area contributed by atoms with E-state index in [2.05, 4.69) is 40.9 Å². The van der Waals surface area contributed by atoms with Gasteiger partial charge in [-0.05, 0) is 63.0 Å². The van der Waals surface area contributed by atoms with Gasteiger partial charge in [-0.2, -0.15) is 0 Å². The third-order valence-electron chi connectivity index (χ3n) is 5.74. The maximum Gasteiger partial charge on any atom is 0.111 e. The molecule has 1 fully saturated rings. The summed E-state index contributed by atoms with van der Waals surface area (Å²) in [4.78, 5) is 7.50. The van der Waals surface area contributed by atoms with Crippen molar-refractivity contribution < 1.29 is 0 Å². The second-order valence-electron chi connectivity index (χ2n) is 7.12. The van der Waals surface area contributed by atoms with Gasteiger partial charge in [0.2, 0.25) is 0 Å². The molecule has 4 rings (SSSR count). The molecule has 1 saturated carbocycles. The molecular formula is C19H28N4. The lowest BCUT2D eigenvalue weighted by atomic mass is 9.92. The van der Waals surface area contributed by atoms with Crippen molar-refractivity contribution in [3.63, 3.8) is 0 Å². The first kappa shape index (κ1) is 15.2. The summed E-state index contributed by atoms with van der Waals surface area (Å²) in [6, 6.07) is 5.51. The Hall–Kier alpha value is -1.39. The minimum Gasteiger partial charge on any atom is -0.328 e. The molecule has 1 aromatic heterocycles. The zero-order valence-electron chi connectivity index (χ0n) is 14.4. The Morgan fingerprint density at radius 1 is 1.30 bits per heavy atom. The summed E-state index contributed by atoms with van der Waals surface area (Å²) in [5, 5.41) is 3.47. The summed E-state index contributed by atoms with van der Waals surface area (Å²) in [7, 11) is 2.27. The summed E-state index contributed by atoms with van der Waals surface area (Å²) in [6.07, 6.45) is 6.35. The highest BCUT2D eigenvalue weighted by Crippen LogP contribution is 2.26. The molecule has 0 atom stereocenters. The quantitative estimate of drug-likeness (QED) is 0.921. The zero-order chi connectivity index (χ0) is 15.8. The van der Waals surface area contributed by atoms with E-state index < -0.39 is 0 Å². The topological polar surface area (TPSA) is 33.1 Å². The van der Waals surface area contributed by atoms with Crippen molar-refractivity contribution in [3.05, 3.63) is 29.1 Å². The lowest BCUT2D eigenvalue weighted by Crippen LogP contribution is -2.38. The van der Waals surface area contributed by atoms with Crippen LogP contribution in [0.3, 0.4) is 0 Å². The number of hydrogen-bond donors (Lipinski definition) is 1. The summed E-state index contributed by atoms with van der Waals surface area (Å²) < 4.78 is 2.42. The van der Waals surface area contributed by atoms with Crippen LogP contribution in [0.5, 0.6) is 0 Å². The number of rotatable bonds is 5. The van der Waals surface area contributed by atoms with Gasteiger partial charge < -0.3 is 14.8 Å². The minimum absolute atomic E-state index is 0.813. The average Bonchev–Trinajstić information content (AvgIpc) is 2.85. The van der Waals surface area contributed by atoms with Crippen molar-refractivity contribution in [2.75, 3.05) is 20.1 Å². The molecule has 2 aromatic rings. The molecule has 0 radical (unpaired) electrons. The van der Waals surface area contributed by atoms with Crippen molar-refractivity contribution in [1.82, 2.24) is 19.8 Å². The van der Waals surface area contributed by atoms with Gasteiger partial charge in [-0.3, -0.25) is 0 Å². The summed E-state index contributed by atoms with van der Waals surface area (Å²) in [6.45, 7) is 6.45. The Morgan fingerprint density at radius 3 is 2.91 bits per heavy atom. The van der Waals surface area contributed by atoms with Crippen molar-refractivity contribution in [2.24, 2.45) is 0 Å². The monoisotopic (exact) mass is 312 g/mol. The fourth-order valence-electron chi connectivity index (χ4n) is 3.98. The first-order valence-corrected chi connectivity index (χ1v) is 9.18. The normalized spacial score (nSPS) is 18.4. The van der Waals surface area contributed by atoms with Gasteiger partial charge in [0.05, 0.1) is 11.0 Å². The van der Waals surface area contributed by atoms with E-state index in [-0.39, 0.29) is 0 Å². The van der Waals surface area contributed by atoms with Crippen molar-refractivity contribution in [1.29, 1.82) is 0 Å². The fourth-order valence-corrected chi connectivity index (χ4v) is 3.98. The average molecular weight is 312 g/mol. The van der Waals surface area contributed by atoms with Gasteiger partial charge in [-0.15, -0.1) is 0 Å². The Kier molecular flexibility index (Phi) is 4.12. The molecule has 0 amide bonds. The second kappa shape index (κ2) is 6.25. The van der Waals surface area contributed by atoms with Gasteiger partial charge >= 0.3 is 0 Å². The lowest BCUT2D eigenvalue weighted by Gasteiger charge is -2.34. The molecule has 1 aromatic carbocycles. The fraction of sp³-hybridized carbons (Fsp3) is 0.632. The predicted molar refractivity (Wildman–Crippen MR) is 94.8 cm³/mol. The second-order valence-corrected chi connectivity index (χ2v) is 7.12. The van der Waals surface area contributed by atoms with E-state index in [1.54, 1.807) is 0 Å². The van der Waals surface area contributed by atoms with Crippen molar-refractivity contribution in [3.8, 4) is 0 Å². The predicted octanol–water partition coefficient (Wildman–Crippen LogP) is 2.73. The molecule has 4 heteroatoms. The van der Waals surface area contributed by atoms with Gasteiger partial charge in [0.1, 0.15) is 5.82 Å². The zero-order valence-corrected chi connectivity index (χ0v) is 14.4. The van der Waals surface area contributed by atoms with Gasteiger partial charge in [0.15, 0.2) is 0 Å². The lowest BCUT2D eigenvalue weighted by molar-refractivity contribution is 0.160. The van der Waals surface area contributed by atoms with Crippen LogP contribution >= 0.6 is 0 Å². The summed E-state index contributed by atoms with van der Waals surface area (Å²) in [5.74, 6) is 1.25. The van der Waals surface area contributed by atoms with Gasteiger partial charge in [0, 0.05) is 32.1 Å². The van der Waals surface area contributed by atoms with E-state index in [4.69, 9.17) is 4.98 Å². The third-order valence-corrected chi connectivity index (χ3v) is 5.74. The van der Waals surface area contributed by atoms with Crippen LogP contribution in [0.15, 0.2) is 12.1 Å². The van der Waals surface area contributed by atoms with E-state index >= 15 is 0 Å². The van der Waals surface area contributed by atoms with Crippen LogP contribution in [0, 0.1) is 0 Å². The van der Waals surface area contributed by atoms with E-state index in [0.717, 1.165) is 45.1 Å². The number of likely N-dealkylation sites (N-methyl/N-ethyl adjacent to an activating group) is 1. The molecular weight excluding hydrogens is 284 g/mol. The molecule has 23 heavy (non-hydrogen) atoms. The van der Waals surface area contributed by atoms with Crippen molar-refractivity contribution in [2.45, 2.75) is 58.2 Å². The molecule has 1 N–H and O–H groups in total. The Balaban J connectivity index is 1.60. The smallest absolute Gasteiger partial charge is 0.111 e. The number of nitrogens with zero attached hydrogens (tertiary/aromatic N) is 3. The highest BCUT2D eigenvalue weighted by atomic mass is 15.1. The van der Waals surface area contributed by atoms with E-state index in [0.29, 0.717) is 0 Å². The molecule has 0 spiro atoms. The van der Waals surface area contributed by atoms with Gasteiger partial charge in [-0.25, -0.2) is 4.98 Å². The standard InChI is InChI=1S/C19H28N4/c1-3-23-18-12-14-7-9-20-13-15(14)11-17(18)21-19(23)8-10-22(2)16-5-4-6-16/h11-12,16,20H,3-10,13H2,1-2H3. The SMILES string of the molecule is CCn1c(CCN(C)C2CCC2)nc2cc3c(cc21)CCNC3. The van der Waals surface area contributed by atoms with Gasteiger partial charge in [0.25, 0.3) is 0 Å². The first-order chi connectivity index (χ1) is 11.3. The largest absolute Gasteiger partial charge is 0.328 e. The molecule has 4 nitrogen and oxygen atoms in total. The third kappa shape index (κ3) is 2.79. The van der Waals surface area contributed by atoms with Gasteiger partial charge in [-0.1, -0.05) is 6.42 Å². The molecule has 0 saturated heterocycles. The number of hydrogen-bond acceptors (Lipinski definition) is 3. The summed E-state index contributed by atoms with van der Waals surface area (Å²) >= 11 is 0. The summed E-state index contributed by atoms with van der Waals surface area (Å²) in [5.41, 5.74) is 5.44. The Morgan fingerprint density at radius 2 is 2.17 bits per heavy atom. The number of nitrogens with one attached hydrogen (secondary N) is 1. The molecule has 2 aliphatic rings. The molecule has 2 heterocycles.